The van der Waals surface area contributed by atoms with Gasteiger partial charge in [-0.25, -0.2) is 0 Å². The summed E-state index contributed by atoms with van der Waals surface area (Å²) in [4.78, 5) is 11.8. The Morgan fingerprint density at radius 1 is 1.53 bits per heavy atom. The first-order valence-electron chi connectivity index (χ1n) is 5.61. The van der Waals surface area contributed by atoms with Gasteiger partial charge in [-0.2, -0.15) is 0 Å². The molecule has 3 N–H and O–H groups in total. The van der Waals surface area contributed by atoms with Crippen LogP contribution in [-0.2, 0) is 9.53 Å². The van der Waals surface area contributed by atoms with E-state index in [-0.39, 0.29) is 11.9 Å². The predicted molar refractivity (Wildman–Crippen MR) is 59.4 cm³/mol. The zero-order valence-electron chi connectivity index (χ0n) is 9.88. The van der Waals surface area contributed by atoms with E-state index >= 15 is 0 Å². The lowest BCUT2D eigenvalue weighted by Gasteiger charge is -2.24. The van der Waals surface area contributed by atoms with Crippen LogP contribution in [0.3, 0.4) is 0 Å². The smallest absolute Gasteiger partial charge is 0.242 e. The number of nitrogens with two attached hydrogens (primary N) is 1. The zero-order valence-corrected chi connectivity index (χ0v) is 9.88. The number of hydrogen-bond donors (Lipinski definition) is 2. The summed E-state index contributed by atoms with van der Waals surface area (Å²) in [6, 6.07) is 0.179. The fraction of sp³-hybridized carbons (Fsp3) is 0.909. The number of nitrogens with one attached hydrogen (secondary N) is 1. The van der Waals surface area contributed by atoms with Crippen molar-refractivity contribution in [1.29, 1.82) is 0 Å². The lowest BCUT2D eigenvalue weighted by Crippen LogP contribution is -2.56. The Morgan fingerprint density at radius 3 is 2.67 bits per heavy atom. The fourth-order valence-electron chi connectivity index (χ4n) is 1.89. The second-order valence-electron chi connectivity index (χ2n) is 4.96. The normalized spacial score (nSPS) is 28.1. The highest BCUT2D eigenvalue weighted by Gasteiger charge is 2.38. The van der Waals surface area contributed by atoms with E-state index in [4.69, 9.17) is 10.5 Å². The van der Waals surface area contributed by atoms with Gasteiger partial charge in [-0.05, 0) is 25.7 Å². The van der Waals surface area contributed by atoms with Crippen LogP contribution in [0, 0.1) is 5.92 Å². The minimum atomic E-state index is -0.800. The van der Waals surface area contributed by atoms with Crippen LogP contribution in [0.15, 0.2) is 0 Å². The van der Waals surface area contributed by atoms with Crippen molar-refractivity contribution < 1.29 is 9.53 Å². The molecular weight excluding hydrogens is 192 g/mol. The van der Waals surface area contributed by atoms with E-state index in [1.807, 2.05) is 6.92 Å². The first-order chi connectivity index (χ1) is 6.94. The SMILES string of the molecule is CC(C)CC(C)NC(=O)C1(N)CCOC1. The summed E-state index contributed by atoms with van der Waals surface area (Å²) in [6.45, 7) is 7.21. The van der Waals surface area contributed by atoms with Crippen molar-refractivity contribution >= 4 is 5.91 Å². The average Bonchev–Trinajstić information content (AvgIpc) is 2.51. The third-order valence-electron chi connectivity index (χ3n) is 2.71. The van der Waals surface area contributed by atoms with Crippen molar-refractivity contribution in [1.82, 2.24) is 5.32 Å². The van der Waals surface area contributed by atoms with Gasteiger partial charge < -0.3 is 15.8 Å². The Kier molecular flexibility index (Phi) is 4.11. The maximum atomic E-state index is 11.8. The zero-order chi connectivity index (χ0) is 11.5. The van der Waals surface area contributed by atoms with Gasteiger partial charge in [0.15, 0.2) is 0 Å². The molecule has 1 aliphatic heterocycles. The van der Waals surface area contributed by atoms with Crippen molar-refractivity contribution in [2.45, 2.75) is 45.2 Å². The van der Waals surface area contributed by atoms with Crippen LogP contribution in [-0.4, -0.2) is 30.7 Å². The molecule has 1 saturated heterocycles. The Labute approximate surface area is 91.5 Å². The van der Waals surface area contributed by atoms with Gasteiger partial charge in [0.2, 0.25) is 5.91 Å². The molecule has 0 bridgehead atoms. The molecule has 0 aromatic rings. The second kappa shape index (κ2) is 4.94. The van der Waals surface area contributed by atoms with E-state index in [9.17, 15) is 4.79 Å². The molecular formula is C11H22N2O2. The largest absolute Gasteiger partial charge is 0.379 e. The maximum absolute atomic E-state index is 11.8. The summed E-state index contributed by atoms with van der Waals surface area (Å²) in [5.41, 5.74) is 5.14. The van der Waals surface area contributed by atoms with Crippen molar-refractivity contribution in [3.8, 4) is 0 Å². The van der Waals surface area contributed by atoms with Crippen LogP contribution in [0.5, 0.6) is 0 Å². The highest BCUT2D eigenvalue weighted by molar-refractivity contribution is 5.86. The molecule has 1 rings (SSSR count). The highest BCUT2D eigenvalue weighted by atomic mass is 16.5. The molecule has 0 aromatic carbocycles. The highest BCUT2D eigenvalue weighted by Crippen LogP contribution is 2.16. The molecule has 0 radical (unpaired) electrons. The molecule has 1 amide bonds. The van der Waals surface area contributed by atoms with Crippen LogP contribution < -0.4 is 11.1 Å². The molecule has 4 nitrogen and oxygen atoms in total. The Hall–Kier alpha value is -0.610. The molecule has 0 aromatic heterocycles. The first-order valence-corrected chi connectivity index (χ1v) is 5.61. The van der Waals surface area contributed by atoms with E-state index < -0.39 is 5.54 Å². The topological polar surface area (TPSA) is 64.4 Å². The number of carbonyl (C=O) groups excluding carboxylic acids is 1. The van der Waals surface area contributed by atoms with Crippen LogP contribution in [0.2, 0.25) is 0 Å². The van der Waals surface area contributed by atoms with Crippen LogP contribution in [0.25, 0.3) is 0 Å². The molecule has 1 aliphatic rings. The Bertz CT molecular complexity index is 223. The third kappa shape index (κ3) is 3.47. The van der Waals surface area contributed by atoms with Gasteiger partial charge in [0.05, 0.1) is 6.61 Å². The van der Waals surface area contributed by atoms with Gasteiger partial charge in [-0.3, -0.25) is 4.79 Å². The lowest BCUT2D eigenvalue weighted by molar-refractivity contribution is -0.127. The van der Waals surface area contributed by atoms with E-state index in [1.165, 1.54) is 0 Å². The maximum Gasteiger partial charge on any atom is 0.242 e. The van der Waals surface area contributed by atoms with Crippen molar-refractivity contribution in [3.63, 3.8) is 0 Å². The van der Waals surface area contributed by atoms with E-state index in [0.29, 0.717) is 25.6 Å². The molecule has 0 saturated carbocycles. The number of hydrogen-bond acceptors (Lipinski definition) is 3. The van der Waals surface area contributed by atoms with Crippen LogP contribution >= 0.6 is 0 Å². The van der Waals surface area contributed by atoms with Crippen LogP contribution in [0.1, 0.15) is 33.6 Å². The van der Waals surface area contributed by atoms with Gasteiger partial charge in [-0.1, -0.05) is 13.8 Å². The van der Waals surface area contributed by atoms with Gasteiger partial charge in [-0.15, -0.1) is 0 Å². The van der Waals surface area contributed by atoms with Gasteiger partial charge in [0.25, 0.3) is 0 Å². The molecule has 4 heteroatoms. The number of amides is 1. The molecule has 2 atom stereocenters. The summed E-state index contributed by atoms with van der Waals surface area (Å²) < 4.78 is 5.16. The average molecular weight is 214 g/mol. The minimum absolute atomic E-state index is 0.0758. The van der Waals surface area contributed by atoms with Gasteiger partial charge in [0, 0.05) is 12.6 Å². The summed E-state index contributed by atoms with van der Waals surface area (Å²) >= 11 is 0. The van der Waals surface area contributed by atoms with E-state index in [2.05, 4.69) is 19.2 Å². The quantitative estimate of drug-likeness (QED) is 0.722. The molecule has 1 fully saturated rings. The van der Waals surface area contributed by atoms with Crippen molar-refractivity contribution in [3.05, 3.63) is 0 Å². The lowest BCUT2D eigenvalue weighted by atomic mass is 9.97. The van der Waals surface area contributed by atoms with Gasteiger partial charge >= 0.3 is 0 Å². The molecule has 0 spiro atoms. The molecule has 15 heavy (non-hydrogen) atoms. The molecule has 1 heterocycles. The van der Waals surface area contributed by atoms with E-state index in [0.717, 1.165) is 6.42 Å². The van der Waals surface area contributed by atoms with Crippen molar-refractivity contribution in [2.75, 3.05) is 13.2 Å². The predicted octanol–water partition coefficient (Wildman–Crippen LogP) is 0.655. The summed E-state index contributed by atoms with van der Waals surface area (Å²) in [7, 11) is 0. The number of rotatable bonds is 4. The fourth-order valence-corrected chi connectivity index (χ4v) is 1.89. The van der Waals surface area contributed by atoms with Gasteiger partial charge in [0.1, 0.15) is 5.54 Å². The summed E-state index contributed by atoms with van der Waals surface area (Å²) in [5.74, 6) is 0.502. The number of carbonyl (C=O) groups is 1. The molecule has 88 valence electrons. The summed E-state index contributed by atoms with van der Waals surface area (Å²) in [5, 5.41) is 2.95. The Balaban J connectivity index is 2.40. The Morgan fingerprint density at radius 2 is 2.20 bits per heavy atom. The molecule has 2 unspecified atom stereocenters. The van der Waals surface area contributed by atoms with E-state index in [1.54, 1.807) is 0 Å². The standard InChI is InChI=1S/C11H22N2O2/c1-8(2)6-9(3)13-10(14)11(12)4-5-15-7-11/h8-9H,4-7,12H2,1-3H3,(H,13,14). The number of ether oxygens (including phenoxy) is 1. The monoisotopic (exact) mass is 214 g/mol. The molecule has 0 aliphatic carbocycles. The first kappa shape index (κ1) is 12.5. The van der Waals surface area contributed by atoms with Crippen molar-refractivity contribution in [2.24, 2.45) is 11.7 Å². The van der Waals surface area contributed by atoms with Crippen LogP contribution in [0.4, 0.5) is 0 Å². The summed E-state index contributed by atoms with van der Waals surface area (Å²) in [6.07, 6.45) is 1.59. The second-order valence-corrected chi connectivity index (χ2v) is 4.96. The minimum Gasteiger partial charge on any atom is -0.379 e. The third-order valence-corrected chi connectivity index (χ3v) is 2.71.